The Balaban J connectivity index is 1.79. The molecule has 6 heteroatoms. The number of nitrogens with one attached hydrogen (secondary N) is 1. The zero-order chi connectivity index (χ0) is 16.4. The number of aryl methyl sites for hydroxylation is 2. The number of halogens is 1. The first-order chi connectivity index (χ1) is 11.0. The highest BCUT2D eigenvalue weighted by Gasteiger charge is 2.16. The predicted octanol–water partition coefficient (Wildman–Crippen LogP) is 3.74. The molecule has 0 atom stereocenters. The van der Waals surface area contributed by atoms with Gasteiger partial charge in [0.1, 0.15) is 5.82 Å². The van der Waals surface area contributed by atoms with E-state index < -0.39 is 5.91 Å². The van der Waals surface area contributed by atoms with Crippen LogP contribution in [0.1, 0.15) is 21.8 Å². The van der Waals surface area contributed by atoms with Gasteiger partial charge in [0.15, 0.2) is 0 Å². The molecule has 0 aliphatic heterocycles. The highest BCUT2D eigenvalue weighted by atomic mass is 19.1. The second kappa shape index (κ2) is 6.00. The van der Waals surface area contributed by atoms with Gasteiger partial charge >= 0.3 is 11.8 Å². The van der Waals surface area contributed by atoms with Crippen molar-refractivity contribution in [3.63, 3.8) is 0 Å². The minimum atomic E-state index is -0.488. The molecule has 0 spiro atoms. The van der Waals surface area contributed by atoms with Crippen LogP contribution in [0.5, 0.6) is 0 Å². The Morgan fingerprint density at radius 3 is 2.52 bits per heavy atom. The van der Waals surface area contributed by atoms with Crippen molar-refractivity contribution in [1.82, 2.24) is 10.2 Å². The minimum absolute atomic E-state index is 0.149. The normalized spacial score (nSPS) is 10.6. The van der Waals surface area contributed by atoms with Gasteiger partial charge in [0.25, 0.3) is 0 Å². The first-order valence-electron chi connectivity index (χ1n) is 7.01. The van der Waals surface area contributed by atoms with Crippen molar-refractivity contribution in [2.45, 2.75) is 13.8 Å². The Bertz CT molecular complexity index is 857. The summed E-state index contributed by atoms with van der Waals surface area (Å²) in [6.45, 7) is 3.88. The molecule has 3 aromatic rings. The SMILES string of the molecule is Cc1ccc(NC(=O)c2nnc(-c3ccc(F)cc3)o2)c(C)c1. The largest absolute Gasteiger partial charge is 0.412 e. The smallest absolute Gasteiger partial charge is 0.313 e. The monoisotopic (exact) mass is 311 g/mol. The molecule has 0 saturated heterocycles. The van der Waals surface area contributed by atoms with Crippen LogP contribution in [0.4, 0.5) is 10.1 Å². The summed E-state index contributed by atoms with van der Waals surface area (Å²) in [5, 5.41) is 10.3. The maximum atomic E-state index is 12.9. The van der Waals surface area contributed by atoms with E-state index in [9.17, 15) is 9.18 Å². The van der Waals surface area contributed by atoms with Gasteiger partial charge in [-0.25, -0.2) is 4.39 Å². The summed E-state index contributed by atoms with van der Waals surface area (Å²) in [7, 11) is 0. The lowest BCUT2D eigenvalue weighted by Gasteiger charge is -2.06. The van der Waals surface area contributed by atoms with E-state index in [0.717, 1.165) is 11.1 Å². The van der Waals surface area contributed by atoms with Gasteiger partial charge < -0.3 is 9.73 Å². The Kier molecular flexibility index (Phi) is 3.89. The van der Waals surface area contributed by atoms with Crippen molar-refractivity contribution in [3.8, 4) is 11.5 Å². The van der Waals surface area contributed by atoms with E-state index in [4.69, 9.17) is 4.42 Å². The highest BCUT2D eigenvalue weighted by Crippen LogP contribution is 2.20. The summed E-state index contributed by atoms with van der Waals surface area (Å²) in [5.74, 6) is -0.834. The topological polar surface area (TPSA) is 68.0 Å². The van der Waals surface area contributed by atoms with Crippen LogP contribution in [-0.4, -0.2) is 16.1 Å². The summed E-state index contributed by atoms with van der Waals surface area (Å²) in [4.78, 5) is 12.2. The molecule has 0 unspecified atom stereocenters. The summed E-state index contributed by atoms with van der Waals surface area (Å²) in [6, 6.07) is 11.3. The first-order valence-corrected chi connectivity index (χ1v) is 7.01. The van der Waals surface area contributed by atoms with Gasteiger partial charge in [-0.15, -0.1) is 10.2 Å². The quantitative estimate of drug-likeness (QED) is 0.800. The van der Waals surface area contributed by atoms with E-state index in [-0.39, 0.29) is 17.6 Å². The number of carbonyl (C=O) groups excluding carboxylic acids is 1. The second-order valence-electron chi connectivity index (χ2n) is 5.19. The van der Waals surface area contributed by atoms with Crippen molar-refractivity contribution >= 4 is 11.6 Å². The summed E-state index contributed by atoms with van der Waals surface area (Å²) >= 11 is 0. The molecule has 1 amide bonds. The fraction of sp³-hybridized carbons (Fsp3) is 0.118. The Hall–Kier alpha value is -3.02. The van der Waals surface area contributed by atoms with E-state index in [1.807, 2.05) is 32.0 Å². The number of hydrogen-bond acceptors (Lipinski definition) is 4. The third kappa shape index (κ3) is 3.26. The summed E-state index contributed by atoms with van der Waals surface area (Å²) < 4.78 is 18.3. The van der Waals surface area contributed by atoms with Gasteiger partial charge in [-0.3, -0.25) is 4.79 Å². The number of hydrogen-bond donors (Lipinski definition) is 1. The second-order valence-corrected chi connectivity index (χ2v) is 5.19. The lowest BCUT2D eigenvalue weighted by molar-refractivity contribution is 0.0990. The molecule has 0 bridgehead atoms. The maximum Gasteiger partial charge on any atom is 0.313 e. The fourth-order valence-corrected chi connectivity index (χ4v) is 2.15. The third-order valence-electron chi connectivity index (χ3n) is 3.34. The molecular formula is C17H14FN3O2. The van der Waals surface area contributed by atoms with Gasteiger partial charge in [0.2, 0.25) is 5.89 Å². The van der Waals surface area contributed by atoms with Crippen LogP contribution < -0.4 is 5.32 Å². The molecule has 2 aromatic carbocycles. The number of benzene rings is 2. The molecule has 116 valence electrons. The number of nitrogens with zero attached hydrogens (tertiary/aromatic N) is 2. The fourth-order valence-electron chi connectivity index (χ4n) is 2.15. The molecule has 0 saturated carbocycles. The van der Waals surface area contributed by atoms with Gasteiger partial charge in [-0.1, -0.05) is 17.7 Å². The van der Waals surface area contributed by atoms with Gasteiger partial charge in [0.05, 0.1) is 0 Å². The highest BCUT2D eigenvalue weighted by molar-refractivity contribution is 6.01. The van der Waals surface area contributed by atoms with Crippen molar-refractivity contribution in [1.29, 1.82) is 0 Å². The van der Waals surface area contributed by atoms with Crippen LogP contribution in [0, 0.1) is 19.7 Å². The third-order valence-corrected chi connectivity index (χ3v) is 3.34. The average Bonchev–Trinajstić information content (AvgIpc) is 3.01. The molecule has 1 aromatic heterocycles. The molecule has 0 aliphatic carbocycles. The number of amides is 1. The standard InChI is InChI=1S/C17H14FN3O2/c1-10-3-8-14(11(2)9-10)19-15(22)17-21-20-16(23-17)12-4-6-13(18)7-5-12/h3-9H,1-2H3,(H,19,22). The van der Waals surface area contributed by atoms with Gasteiger partial charge in [-0.2, -0.15) is 0 Å². The van der Waals surface area contributed by atoms with Crippen LogP contribution in [0.2, 0.25) is 0 Å². The Morgan fingerprint density at radius 2 is 1.83 bits per heavy atom. The number of rotatable bonds is 3. The van der Waals surface area contributed by atoms with Crippen molar-refractivity contribution in [3.05, 3.63) is 65.3 Å². The molecule has 1 heterocycles. The number of aromatic nitrogens is 2. The van der Waals surface area contributed by atoms with Crippen LogP contribution in [0.3, 0.4) is 0 Å². The summed E-state index contributed by atoms with van der Waals surface area (Å²) in [6.07, 6.45) is 0. The van der Waals surface area contributed by atoms with Crippen LogP contribution in [0.15, 0.2) is 46.9 Å². The number of carbonyl (C=O) groups is 1. The average molecular weight is 311 g/mol. The van der Waals surface area contributed by atoms with Gasteiger partial charge in [-0.05, 0) is 49.7 Å². The lowest BCUT2D eigenvalue weighted by atomic mass is 10.1. The predicted molar refractivity (Wildman–Crippen MR) is 83.6 cm³/mol. The van der Waals surface area contributed by atoms with Crippen molar-refractivity contribution < 1.29 is 13.6 Å². The van der Waals surface area contributed by atoms with Crippen LogP contribution in [0.25, 0.3) is 11.5 Å². The van der Waals surface area contributed by atoms with Gasteiger partial charge in [0, 0.05) is 11.3 Å². The molecule has 0 radical (unpaired) electrons. The van der Waals surface area contributed by atoms with Crippen molar-refractivity contribution in [2.75, 3.05) is 5.32 Å². The molecular weight excluding hydrogens is 297 g/mol. The van der Waals surface area contributed by atoms with E-state index >= 15 is 0 Å². The van der Waals surface area contributed by atoms with E-state index in [0.29, 0.717) is 11.3 Å². The molecule has 3 rings (SSSR count). The zero-order valence-electron chi connectivity index (χ0n) is 12.6. The Morgan fingerprint density at radius 1 is 1.09 bits per heavy atom. The molecule has 0 fully saturated rings. The Labute approximate surface area is 132 Å². The first kappa shape index (κ1) is 14.9. The molecule has 1 N–H and O–H groups in total. The van der Waals surface area contributed by atoms with E-state index in [1.54, 1.807) is 0 Å². The molecule has 0 aliphatic rings. The zero-order valence-corrected chi connectivity index (χ0v) is 12.6. The van der Waals surface area contributed by atoms with Crippen LogP contribution in [-0.2, 0) is 0 Å². The van der Waals surface area contributed by atoms with Crippen LogP contribution >= 0.6 is 0 Å². The van der Waals surface area contributed by atoms with Crippen molar-refractivity contribution in [2.24, 2.45) is 0 Å². The summed E-state index contributed by atoms with van der Waals surface area (Å²) in [5.41, 5.74) is 3.28. The maximum absolute atomic E-state index is 12.9. The molecule has 5 nitrogen and oxygen atoms in total. The molecule has 23 heavy (non-hydrogen) atoms. The number of anilines is 1. The minimum Gasteiger partial charge on any atom is -0.412 e. The lowest BCUT2D eigenvalue weighted by Crippen LogP contribution is -2.13. The van der Waals surface area contributed by atoms with E-state index in [1.165, 1.54) is 24.3 Å². The van der Waals surface area contributed by atoms with E-state index in [2.05, 4.69) is 15.5 Å².